The average Bonchev–Trinajstić information content (AvgIpc) is 3.14. The molecule has 0 saturated heterocycles. The molecule has 4 saturated carbocycles. The molecule has 202 valence electrons. The molecule has 10 atom stereocenters. The zero-order valence-corrected chi connectivity index (χ0v) is 21.4. The number of halogens is 5. The third-order valence-electron chi connectivity index (χ3n) is 11.7. The maximum atomic E-state index is 13.8. The van der Waals surface area contributed by atoms with Crippen molar-refractivity contribution in [3.8, 4) is 0 Å². The molecule has 4 aliphatic carbocycles. The standard InChI is InChI=1S/C29H39F5O2/c1-16(25(35)17-12-19(30)14-20(31)13-17)22-6-7-23-21-5-4-18-15-28(36,29(32,33)34)11-10-26(18,2)24(21)8-9-27(22,23)3/h12-14,16,18,21-25,35-36H,4-11,15H2,1-3H3/t16-,18+,21-,22+,23-,24-,25-,26-,27+,28+/m0/s1. The van der Waals surface area contributed by atoms with Gasteiger partial charge in [-0.25, -0.2) is 8.78 Å². The van der Waals surface area contributed by atoms with Crippen LogP contribution in [0.4, 0.5) is 22.0 Å². The summed E-state index contributed by atoms with van der Waals surface area (Å²) in [6.07, 6.45) is -0.0884. The highest BCUT2D eigenvalue weighted by molar-refractivity contribution is 5.22. The van der Waals surface area contributed by atoms with Crippen LogP contribution in [-0.4, -0.2) is 22.0 Å². The van der Waals surface area contributed by atoms with Gasteiger partial charge in [-0.3, -0.25) is 0 Å². The van der Waals surface area contributed by atoms with E-state index in [4.69, 9.17) is 0 Å². The molecule has 0 unspecified atom stereocenters. The summed E-state index contributed by atoms with van der Waals surface area (Å²) in [5.41, 5.74) is -2.50. The van der Waals surface area contributed by atoms with Crippen LogP contribution in [-0.2, 0) is 0 Å². The van der Waals surface area contributed by atoms with Crippen LogP contribution >= 0.6 is 0 Å². The van der Waals surface area contributed by atoms with Gasteiger partial charge in [-0.15, -0.1) is 0 Å². The molecule has 1 aromatic rings. The molecule has 0 bridgehead atoms. The highest BCUT2D eigenvalue weighted by Crippen LogP contribution is 2.69. The Bertz CT molecular complexity index is 976. The Labute approximate surface area is 210 Å². The highest BCUT2D eigenvalue weighted by Gasteiger charge is 2.65. The summed E-state index contributed by atoms with van der Waals surface area (Å²) >= 11 is 0. The largest absolute Gasteiger partial charge is 0.417 e. The van der Waals surface area contributed by atoms with Gasteiger partial charge >= 0.3 is 6.18 Å². The van der Waals surface area contributed by atoms with Gasteiger partial charge in [0.2, 0.25) is 0 Å². The maximum Gasteiger partial charge on any atom is 0.417 e. The second kappa shape index (κ2) is 8.65. The molecule has 2 nitrogen and oxygen atoms in total. The molecule has 0 aliphatic heterocycles. The Morgan fingerprint density at radius 2 is 1.50 bits per heavy atom. The minimum absolute atomic E-state index is 0.0159. The summed E-state index contributed by atoms with van der Waals surface area (Å²) in [5, 5.41) is 21.5. The molecule has 1 aromatic carbocycles. The van der Waals surface area contributed by atoms with E-state index in [9.17, 15) is 32.2 Å². The first-order valence-corrected chi connectivity index (χ1v) is 13.6. The number of rotatable bonds is 3. The van der Waals surface area contributed by atoms with Crippen LogP contribution < -0.4 is 0 Å². The Morgan fingerprint density at radius 1 is 0.861 bits per heavy atom. The van der Waals surface area contributed by atoms with E-state index in [0.717, 1.165) is 38.2 Å². The van der Waals surface area contributed by atoms with Gasteiger partial charge in [-0.2, -0.15) is 13.2 Å². The van der Waals surface area contributed by atoms with E-state index >= 15 is 0 Å². The Morgan fingerprint density at radius 3 is 2.14 bits per heavy atom. The number of benzene rings is 1. The highest BCUT2D eigenvalue weighted by atomic mass is 19.4. The van der Waals surface area contributed by atoms with Crippen molar-refractivity contribution in [1.82, 2.24) is 0 Å². The van der Waals surface area contributed by atoms with Crippen molar-refractivity contribution >= 4 is 0 Å². The molecule has 7 heteroatoms. The van der Waals surface area contributed by atoms with Gasteiger partial charge in [0.05, 0.1) is 6.10 Å². The van der Waals surface area contributed by atoms with Gasteiger partial charge in [0.25, 0.3) is 0 Å². The molecule has 0 heterocycles. The smallest absolute Gasteiger partial charge is 0.388 e. The monoisotopic (exact) mass is 514 g/mol. The van der Waals surface area contributed by atoms with Gasteiger partial charge < -0.3 is 10.2 Å². The zero-order valence-electron chi connectivity index (χ0n) is 21.4. The van der Waals surface area contributed by atoms with E-state index < -0.39 is 29.5 Å². The van der Waals surface area contributed by atoms with Gasteiger partial charge in [0.15, 0.2) is 5.60 Å². The van der Waals surface area contributed by atoms with Crippen LogP contribution in [0, 0.1) is 58.0 Å². The number of alkyl halides is 3. The van der Waals surface area contributed by atoms with Crippen LogP contribution in [0.1, 0.15) is 90.2 Å². The molecular weight excluding hydrogens is 475 g/mol. The first-order chi connectivity index (χ1) is 16.7. The van der Waals surface area contributed by atoms with Crippen molar-refractivity contribution in [3.05, 3.63) is 35.4 Å². The first kappa shape index (κ1) is 26.4. The quantitative estimate of drug-likeness (QED) is 0.408. The van der Waals surface area contributed by atoms with Crippen molar-refractivity contribution in [2.45, 2.75) is 96.4 Å². The van der Waals surface area contributed by atoms with Crippen molar-refractivity contribution in [1.29, 1.82) is 0 Å². The van der Waals surface area contributed by atoms with Crippen molar-refractivity contribution in [2.24, 2.45) is 46.3 Å². The summed E-state index contributed by atoms with van der Waals surface area (Å²) in [5.74, 6) is -0.250. The lowest BCUT2D eigenvalue weighted by molar-refractivity contribution is -0.290. The maximum absolute atomic E-state index is 13.8. The zero-order chi connectivity index (χ0) is 26.3. The normalized spacial score (nSPS) is 44.3. The van der Waals surface area contributed by atoms with Gasteiger partial charge in [0, 0.05) is 6.07 Å². The lowest BCUT2D eigenvalue weighted by Gasteiger charge is -2.62. The van der Waals surface area contributed by atoms with Crippen molar-refractivity contribution in [3.63, 3.8) is 0 Å². The molecule has 0 aromatic heterocycles. The molecule has 0 amide bonds. The Balaban J connectivity index is 1.35. The second-order valence-electron chi connectivity index (χ2n) is 13.1. The Kier molecular flexibility index (Phi) is 6.35. The number of aliphatic hydroxyl groups is 2. The molecule has 4 fully saturated rings. The third-order valence-corrected chi connectivity index (χ3v) is 11.7. The third kappa shape index (κ3) is 3.93. The predicted octanol–water partition coefficient (Wildman–Crippen LogP) is 7.59. The summed E-state index contributed by atoms with van der Waals surface area (Å²) in [6, 6.07) is 3.24. The molecule has 5 rings (SSSR count). The molecule has 4 aliphatic rings. The summed E-state index contributed by atoms with van der Waals surface area (Å²) in [6.45, 7) is 6.46. The SMILES string of the molecule is C[C@H]([C@H](O)c1cc(F)cc(F)c1)[C@H]1CC[C@H]2[C@@H]3CC[C@@H]4C[C@@](O)(C(F)(F)F)CC[C@]4(C)[C@H]3CC[C@]12C. The van der Waals surface area contributed by atoms with E-state index in [-0.39, 0.29) is 47.0 Å². The van der Waals surface area contributed by atoms with Crippen molar-refractivity contribution < 1.29 is 32.2 Å². The lowest BCUT2D eigenvalue weighted by atomic mass is 9.43. The van der Waals surface area contributed by atoms with E-state index in [1.54, 1.807) is 0 Å². The van der Waals surface area contributed by atoms with E-state index in [1.807, 2.05) is 6.92 Å². The van der Waals surface area contributed by atoms with E-state index in [1.165, 1.54) is 12.1 Å². The fraction of sp³-hybridized carbons (Fsp3) is 0.793. The molecule has 36 heavy (non-hydrogen) atoms. The fourth-order valence-electron chi connectivity index (χ4n) is 9.68. The molecule has 0 radical (unpaired) electrons. The molecule has 0 spiro atoms. The fourth-order valence-corrected chi connectivity index (χ4v) is 9.68. The number of hydrogen-bond acceptors (Lipinski definition) is 2. The van der Waals surface area contributed by atoms with Gasteiger partial charge in [-0.05, 0) is 122 Å². The number of fused-ring (bicyclic) bond motifs is 5. The average molecular weight is 515 g/mol. The van der Waals surface area contributed by atoms with Gasteiger partial charge in [-0.1, -0.05) is 20.8 Å². The van der Waals surface area contributed by atoms with Crippen LogP contribution in [0.25, 0.3) is 0 Å². The minimum atomic E-state index is -4.59. The minimum Gasteiger partial charge on any atom is -0.388 e. The van der Waals surface area contributed by atoms with Crippen LogP contribution in [0.5, 0.6) is 0 Å². The number of aliphatic hydroxyl groups excluding tert-OH is 1. The van der Waals surface area contributed by atoms with Crippen LogP contribution in [0.2, 0.25) is 0 Å². The predicted molar refractivity (Wildman–Crippen MR) is 127 cm³/mol. The summed E-state index contributed by atoms with van der Waals surface area (Å²) < 4.78 is 68.5. The topological polar surface area (TPSA) is 40.5 Å². The van der Waals surface area contributed by atoms with Crippen LogP contribution in [0.15, 0.2) is 18.2 Å². The molecular formula is C29H39F5O2. The van der Waals surface area contributed by atoms with E-state index in [2.05, 4.69) is 13.8 Å². The summed E-state index contributed by atoms with van der Waals surface area (Å²) in [7, 11) is 0. The lowest BCUT2D eigenvalue weighted by Crippen LogP contribution is -2.59. The van der Waals surface area contributed by atoms with Crippen molar-refractivity contribution in [2.75, 3.05) is 0 Å². The van der Waals surface area contributed by atoms with Crippen LogP contribution in [0.3, 0.4) is 0 Å². The van der Waals surface area contributed by atoms with E-state index in [0.29, 0.717) is 30.6 Å². The number of hydrogen-bond donors (Lipinski definition) is 2. The second-order valence-corrected chi connectivity index (χ2v) is 13.1. The molecule has 2 N–H and O–H groups in total. The summed E-state index contributed by atoms with van der Waals surface area (Å²) in [4.78, 5) is 0. The van der Waals surface area contributed by atoms with Gasteiger partial charge in [0.1, 0.15) is 11.6 Å². The first-order valence-electron chi connectivity index (χ1n) is 13.6. The Hall–Kier alpha value is -1.21.